The van der Waals surface area contributed by atoms with Gasteiger partial charge in [0.25, 0.3) is 11.8 Å². The molecule has 2 N–H and O–H groups in total. The van der Waals surface area contributed by atoms with Crippen LogP contribution in [0, 0.1) is 5.41 Å². The van der Waals surface area contributed by atoms with Crippen LogP contribution in [0.15, 0.2) is 5.38 Å². The molecule has 0 saturated carbocycles. The molecule has 0 aliphatic carbocycles. The molecule has 3 fully saturated rings. The minimum atomic E-state index is -2.39. The largest absolute Gasteiger partial charge is 0.335 e. The van der Waals surface area contributed by atoms with Gasteiger partial charge in [0, 0.05) is 48.0 Å². The van der Waals surface area contributed by atoms with Crippen LogP contribution in [-0.4, -0.2) is 72.9 Å². The summed E-state index contributed by atoms with van der Waals surface area (Å²) in [5.41, 5.74) is 0.253. The van der Waals surface area contributed by atoms with Gasteiger partial charge in [0.1, 0.15) is 5.69 Å². The topological polar surface area (TPSA) is 94.0 Å². The van der Waals surface area contributed by atoms with Crippen molar-refractivity contribution in [1.29, 1.82) is 0 Å². The molecule has 0 radical (unpaired) electrons. The lowest BCUT2D eigenvalue weighted by molar-refractivity contribution is 0.0173. The van der Waals surface area contributed by atoms with Gasteiger partial charge in [0.2, 0.25) is 0 Å². The summed E-state index contributed by atoms with van der Waals surface area (Å²) in [6.07, 6.45) is 3.17. The van der Waals surface area contributed by atoms with Crippen molar-refractivity contribution < 1.29 is 18.7 Å². The molecule has 0 unspecified atom stereocenters. The predicted molar refractivity (Wildman–Crippen MR) is 97.4 cm³/mol. The normalized spacial score (nSPS) is 28.2. The molecule has 9 heteroatoms. The fourth-order valence-corrected chi connectivity index (χ4v) is 7.18. The summed E-state index contributed by atoms with van der Waals surface area (Å²) in [6.45, 7) is 3.90. The third kappa shape index (κ3) is 3.07. The first-order valence-corrected chi connectivity index (χ1v) is 11.3. The SMILES string of the molecule is C[C@H]1CCCCN1C(=O)c1csc(C(=O)N2CC3(C2)CS(O)(O)C3)n1. The molecule has 1 spiro atoms. The third-order valence-corrected chi connectivity index (χ3v) is 8.36. The van der Waals surface area contributed by atoms with E-state index in [0.29, 0.717) is 35.3 Å². The van der Waals surface area contributed by atoms with Crippen molar-refractivity contribution in [1.82, 2.24) is 14.8 Å². The van der Waals surface area contributed by atoms with Gasteiger partial charge in [-0.1, -0.05) is 0 Å². The number of likely N-dealkylation sites (tertiary alicyclic amines) is 2. The second kappa shape index (κ2) is 5.94. The van der Waals surface area contributed by atoms with Gasteiger partial charge in [0.15, 0.2) is 5.01 Å². The van der Waals surface area contributed by atoms with Gasteiger partial charge < -0.3 is 9.80 Å². The van der Waals surface area contributed by atoms with E-state index in [-0.39, 0.29) is 23.3 Å². The molecule has 1 aromatic heterocycles. The molecule has 25 heavy (non-hydrogen) atoms. The minimum absolute atomic E-state index is 0.0875. The average Bonchev–Trinajstić information content (AvgIpc) is 2.99. The second-order valence-electron chi connectivity index (χ2n) is 7.63. The lowest BCUT2D eigenvalue weighted by Gasteiger charge is -2.63. The maximum atomic E-state index is 12.6. The number of aromatic nitrogens is 1. The van der Waals surface area contributed by atoms with Crippen LogP contribution in [0.2, 0.25) is 0 Å². The highest BCUT2D eigenvalue weighted by atomic mass is 32.3. The van der Waals surface area contributed by atoms with Gasteiger partial charge in [-0.3, -0.25) is 18.7 Å². The number of piperidine rings is 1. The van der Waals surface area contributed by atoms with Gasteiger partial charge in [0.05, 0.1) is 0 Å². The molecule has 138 valence electrons. The number of carbonyl (C=O) groups excluding carboxylic acids is 2. The van der Waals surface area contributed by atoms with Gasteiger partial charge in [-0.05, 0) is 26.2 Å². The van der Waals surface area contributed by atoms with Gasteiger partial charge in [-0.25, -0.2) is 4.98 Å². The molecule has 0 aromatic carbocycles. The average molecular weight is 386 g/mol. The summed E-state index contributed by atoms with van der Waals surface area (Å²) >= 11 is 1.21. The van der Waals surface area contributed by atoms with Crippen molar-refractivity contribution in [2.45, 2.75) is 32.2 Å². The Labute approximate surface area is 152 Å². The van der Waals surface area contributed by atoms with E-state index < -0.39 is 10.6 Å². The Morgan fingerprint density at radius 3 is 2.64 bits per heavy atom. The first-order chi connectivity index (χ1) is 11.8. The van der Waals surface area contributed by atoms with Crippen LogP contribution in [0.3, 0.4) is 0 Å². The van der Waals surface area contributed by atoms with Crippen molar-refractivity contribution in [3.05, 3.63) is 16.1 Å². The Balaban J connectivity index is 1.38. The molecule has 3 aliphatic rings. The van der Waals surface area contributed by atoms with E-state index in [0.717, 1.165) is 25.8 Å². The highest BCUT2D eigenvalue weighted by molar-refractivity contribution is 8.25. The monoisotopic (exact) mass is 385 g/mol. The Morgan fingerprint density at radius 1 is 1.28 bits per heavy atom. The maximum absolute atomic E-state index is 12.6. The summed E-state index contributed by atoms with van der Waals surface area (Å²) in [6, 6.07) is 0.218. The fraction of sp³-hybridized carbons (Fsp3) is 0.688. The van der Waals surface area contributed by atoms with E-state index in [1.54, 1.807) is 10.3 Å². The quantitative estimate of drug-likeness (QED) is 0.815. The van der Waals surface area contributed by atoms with Crippen molar-refractivity contribution in [3.63, 3.8) is 0 Å². The number of carbonyl (C=O) groups is 2. The van der Waals surface area contributed by atoms with Crippen LogP contribution in [0.1, 0.15) is 46.5 Å². The number of hydrogen-bond acceptors (Lipinski definition) is 6. The van der Waals surface area contributed by atoms with E-state index in [1.165, 1.54) is 11.3 Å². The predicted octanol–water partition coefficient (Wildman–Crippen LogP) is 2.36. The standard InChI is InChI=1S/C16H23N3O4S2/c1-11-4-2-3-5-19(11)14(20)12-6-24-13(17-12)15(21)18-7-16(8-18)9-25(22,23)10-16/h6,11,22-23H,2-5,7-10H2,1H3/t11-/m0/s1. The molecule has 1 atom stereocenters. The van der Waals surface area contributed by atoms with Crippen LogP contribution < -0.4 is 0 Å². The van der Waals surface area contributed by atoms with E-state index in [9.17, 15) is 18.7 Å². The molecule has 4 rings (SSSR count). The van der Waals surface area contributed by atoms with Crippen LogP contribution in [0.5, 0.6) is 0 Å². The van der Waals surface area contributed by atoms with Crippen molar-refractivity contribution in [2.75, 3.05) is 31.1 Å². The highest BCUT2D eigenvalue weighted by Crippen LogP contribution is 2.62. The van der Waals surface area contributed by atoms with E-state index in [2.05, 4.69) is 11.9 Å². The number of rotatable bonds is 2. The lowest BCUT2D eigenvalue weighted by atomic mass is 9.83. The van der Waals surface area contributed by atoms with E-state index in [1.807, 2.05) is 4.90 Å². The van der Waals surface area contributed by atoms with E-state index >= 15 is 0 Å². The van der Waals surface area contributed by atoms with Crippen LogP contribution in [-0.2, 0) is 0 Å². The lowest BCUT2D eigenvalue weighted by Crippen LogP contribution is -2.67. The number of nitrogens with zero attached hydrogens (tertiary/aromatic N) is 3. The summed E-state index contributed by atoms with van der Waals surface area (Å²) < 4.78 is 19.1. The molecular formula is C16H23N3O4S2. The summed E-state index contributed by atoms with van der Waals surface area (Å²) in [7, 11) is -2.39. The zero-order valence-electron chi connectivity index (χ0n) is 14.2. The van der Waals surface area contributed by atoms with Gasteiger partial charge >= 0.3 is 0 Å². The summed E-state index contributed by atoms with van der Waals surface area (Å²) in [4.78, 5) is 33.0. The number of thiazole rings is 1. The van der Waals surface area contributed by atoms with E-state index in [4.69, 9.17) is 0 Å². The molecule has 4 heterocycles. The van der Waals surface area contributed by atoms with Crippen molar-refractivity contribution in [2.24, 2.45) is 5.41 Å². The van der Waals surface area contributed by atoms with Crippen molar-refractivity contribution >= 4 is 33.7 Å². The van der Waals surface area contributed by atoms with Crippen LogP contribution in [0.4, 0.5) is 0 Å². The molecule has 2 amide bonds. The third-order valence-electron chi connectivity index (χ3n) is 5.38. The molecule has 3 saturated heterocycles. The highest BCUT2D eigenvalue weighted by Gasteiger charge is 2.57. The molecule has 3 aliphatic heterocycles. The maximum Gasteiger partial charge on any atom is 0.282 e. The molecule has 0 bridgehead atoms. The molecular weight excluding hydrogens is 362 g/mol. The summed E-state index contributed by atoms with van der Waals surface area (Å²) in [5, 5.41) is 2.01. The van der Waals surface area contributed by atoms with Crippen LogP contribution in [0.25, 0.3) is 0 Å². The molecule has 7 nitrogen and oxygen atoms in total. The molecule has 1 aromatic rings. The first-order valence-electron chi connectivity index (χ1n) is 8.58. The zero-order valence-corrected chi connectivity index (χ0v) is 15.8. The fourth-order valence-electron chi connectivity index (χ4n) is 4.18. The van der Waals surface area contributed by atoms with Crippen molar-refractivity contribution in [3.8, 4) is 0 Å². The minimum Gasteiger partial charge on any atom is -0.335 e. The zero-order chi connectivity index (χ0) is 17.8. The van der Waals surface area contributed by atoms with Gasteiger partial charge in [-0.2, -0.15) is 10.6 Å². The Morgan fingerprint density at radius 2 is 2.00 bits per heavy atom. The Kier molecular flexibility index (Phi) is 4.10. The number of hydrogen-bond donors (Lipinski definition) is 2. The Hall–Kier alpha value is -1.16. The second-order valence-corrected chi connectivity index (χ2v) is 10.7. The summed E-state index contributed by atoms with van der Waals surface area (Å²) in [5.74, 6) is 0.552. The van der Waals surface area contributed by atoms with Gasteiger partial charge in [-0.15, -0.1) is 11.3 Å². The smallest absolute Gasteiger partial charge is 0.282 e. The Bertz CT molecular complexity index is 704. The number of amides is 2. The first kappa shape index (κ1) is 17.3. The van der Waals surface area contributed by atoms with Crippen LogP contribution >= 0.6 is 21.9 Å².